The smallest absolute Gasteiger partial charge is 0.325 e. The highest BCUT2D eigenvalue weighted by Gasteiger charge is 2.49. The van der Waals surface area contributed by atoms with E-state index in [4.69, 9.17) is 0 Å². The van der Waals surface area contributed by atoms with Gasteiger partial charge in [-0.15, -0.1) is 0 Å². The van der Waals surface area contributed by atoms with E-state index < -0.39 is 17.5 Å². The molecular weight excluding hydrogens is 418 g/mol. The molecule has 0 unspecified atom stereocenters. The van der Waals surface area contributed by atoms with Gasteiger partial charge in [-0.05, 0) is 60.0 Å². The van der Waals surface area contributed by atoms with Crippen LogP contribution in [-0.4, -0.2) is 35.1 Å². The SMILES string of the molecule is CCCC(=O)Nc1ccc(C(=O)CN2C(=O)N[C@@](C)(c3ccc4ccccc4c3)C2=O)cc1. The number of urea groups is 1. The minimum atomic E-state index is -1.26. The fraction of sp³-hybridized carbons (Fsp3) is 0.231. The molecule has 1 fully saturated rings. The number of imide groups is 1. The topological polar surface area (TPSA) is 95.6 Å². The van der Waals surface area contributed by atoms with Gasteiger partial charge in [0.05, 0.1) is 6.54 Å². The van der Waals surface area contributed by atoms with Crippen LogP contribution in [0.15, 0.2) is 66.7 Å². The molecule has 1 aliphatic heterocycles. The number of anilines is 1. The zero-order valence-electron chi connectivity index (χ0n) is 18.6. The first-order chi connectivity index (χ1) is 15.8. The number of fused-ring (bicyclic) bond motifs is 1. The van der Waals surface area contributed by atoms with Crippen LogP contribution in [0, 0.1) is 0 Å². The third-order valence-corrected chi connectivity index (χ3v) is 5.87. The molecule has 1 atom stereocenters. The normalized spacial score (nSPS) is 17.8. The molecule has 33 heavy (non-hydrogen) atoms. The average Bonchev–Trinajstić information content (AvgIpc) is 3.03. The van der Waals surface area contributed by atoms with E-state index >= 15 is 0 Å². The summed E-state index contributed by atoms with van der Waals surface area (Å²) in [6.07, 6.45) is 1.16. The number of rotatable bonds is 7. The van der Waals surface area contributed by atoms with Crippen LogP contribution >= 0.6 is 0 Å². The fourth-order valence-electron chi connectivity index (χ4n) is 3.96. The van der Waals surface area contributed by atoms with Crippen LogP contribution in [0.3, 0.4) is 0 Å². The molecule has 0 aliphatic carbocycles. The van der Waals surface area contributed by atoms with Gasteiger partial charge in [-0.25, -0.2) is 4.79 Å². The predicted octanol–water partition coefficient (Wildman–Crippen LogP) is 4.23. The largest absolute Gasteiger partial charge is 0.326 e. The average molecular weight is 444 g/mol. The van der Waals surface area contributed by atoms with Crippen LogP contribution in [0.1, 0.15) is 42.6 Å². The van der Waals surface area contributed by atoms with Crippen LogP contribution in [0.25, 0.3) is 10.8 Å². The van der Waals surface area contributed by atoms with Gasteiger partial charge in [0, 0.05) is 17.7 Å². The van der Waals surface area contributed by atoms with Crippen molar-refractivity contribution in [2.24, 2.45) is 0 Å². The van der Waals surface area contributed by atoms with Crippen LogP contribution in [0.5, 0.6) is 0 Å². The zero-order chi connectivity index (χ0) is 23.6. The Labute approximate surface area is 191 Å². The molecule has 3 aromatic rings. The van der Waals surface area contributed by atoms with Crippen molar-refractivity contribution in [2.45, 2.75) is 32.2 Å². The summed E-state index contributed by atoms with van der Waals surface area (Å²) in [5.41, 5.74) is 0.336. The third kappa shape index (κ3) is 4.35. The first kappa shape index (κ1) is 22.2. The van der Waals surface area contributed by atoms with Gasteiger partial charge < -0.3 is 10.6 Å². The summed E-state index contributed by atoms with van der Waals surface area (Å²) in [6.45, 7) is 3.20. The molecule has 1 saturated heterocycles. The maximum absolute atomic E-state index is 13.2. The van der Waals surface area contributed by atoms with E-state index in [1.54, 1.807) is 31.2 Å². The maximum atomic E-state index is 13.2. The van der Waals surface area contributed by atoms with Crippen molar-refractivity contribution in [3.8, 4) is 0 Å². The quantitative estimate of drug-likeness (QED) is 0.422. The zero-order valence-corrected chi connectivity index (χ0v) is 18.6. The van der Waals surface area contributed by atoms with Crippen LogP contribution < -0.4 is 10.6 Å². The number of Topliss-reactive ketones (excluding diaryl/α,β-unsaturated/α-hetero) is 1. The summed E-state index contributed by atoms with van der Waals surface area (Å²) in [6, 6.07) is 19.2. The monoisotopic (exact) mass is 443 g/mol. The van der Waals surface area contributed by atoms with Crippen LogP contribution in [-0.2, 0) is 15.1 Å². The molecule has 0 aromatic heterocycles. The molecule has 0 spiro atoms. The molecule has 168 valence electrons. The predicted molar refractivity (Wildman–Crippen MR) is 126 cm³/mol. The van der Waals surface area contributed by atoms with Gasteiger partial charge in [-0.1, -0.05) is 43.3 Å². The summed E-state index contributed by atoms with van der Waals surface area (Å²) in [5.74, 6) is -0.934. The van der Waals surface area contributed by atoms with E-state index in [1.165, 1.54) is 0 Å². The summed E-state index contributed by atoms with van der Waals surface area (Å²) in [5, 5.41) is 7.50. The Kier molecular flexibility index (Phi) is 5.96. The lowest BCUT2D eigenvalue weighted by molar-refractivity contribution is -0.130. The van der Waals surface area contributed by atoms with E-state index in [1.807, 2.05) is 49.4 Å². The van der Waals surface area contributed by atoms with Crippen molar-refractivity contribution in [3.63, 3.8) is 0 Å². The second-order valence-electron chi connectivity index (χ2n) is 8.31. The number of carbonyl (C=O) groups excluding carboxylic acids is 4. The molecule has 1 aliphatic rings. The number of carbonyl (C=O) groups is 4. The molecule has 4 amide bonds. The lowest BCUT2D eigenvalue weighted by Crippen LogP contribution is -2.41. The van der Waals surface area contributed by atoms with Gasteiger partial charge in [0.25, 0.3) is 5.91 Å². The Hall–Kier alpha value is -4.00. The van der Waals surface area contributed by atoms with Gasteiger partial charge in [-0.2, -0.15) is 0 Å². The van der Waals surface area contributed by atoms with Crippen molar-refractivity contribution >= 4 is 40.1 Å². The number of nitrogens with zero attached hydrogens (tertiary/aromatic N) is 1. The summed E-state index contributed by atoms with van der Waals surface area (Å²) >= 11 is 0. The fourth-order valence-corrected chi connectivity index (χ4v) is 3.96. The number of ketones is 1. The van der Waals surface area contributed by atoms with Crippen molar-refractivity contribution in [1.82, 2.24) is 10.2 Å². The second-order valence-corrected chi connectivity index (χ2v) is 8.31. The van der Waals surface area contributed by atoms with Crippen molar-refractivity contribution in [1.29, 1.82) is 0 Å². The lowest BCUT2D eigenvalue weighted by atomic mass is 9.90. The Bertz CT molecular complexity index is 1250. The van der Waals surface area contributed by atoms with Gasteiger partial charge in [-0.3, -0.25) is 19.3 Å². The van der Waals surface area contributed by atoms with Gasteiger partial charge >= 0.3 is 6.03 Å². The summed E-state index contributed by atoms with van der Waals surface area (Å²) < 4.78 is 0. The standard InChI is InChI=1S/C26H25N3O4/c1-3-6-23(31)27-21-13-10-18(11-14-21)22(30)16-29-24(32)26(2,28-25(29)33)20-12-9-17-7-4-5-8-19(17)15-20/h4-5,7-15H,3,6,16H2,1-2H3,(H,27,31)(H,28,33)/t26-/m0/s1. The molecule has 0 bridgehead atoms. The van der Waals surface area contributed by atoms with Gasteiger partial charge in [0.2, 0.25) is 5.91 Å². The molecule has 2 N–H and O–H groups in total. The summed E-state index contributed by atoms with van der Waals surface area (Å²) in [4.78, 5) is 51.3. The van der Waals surface area contributed by atoms with E-state index in [9.17, 15) is 19.2 Å². The van der Waals surface area contributed by atoms with E-state index in [0.717, 1.165) is 22.1 Å². The molecule has 7 heteroatoms. The first-order valence-corrected chi connectivity index (χ1v) is 10.9. The molecule has 4 rings (SSSR count). The number of amides is 4. The minimum absolute atomic E-state index is 0.0936. The van der Waals surface area contributed by atoms with Crippen LogP contribution in [0.2, 0.25) is 0 Å². The van der Waals surface area contributed by atoms with Gasteiger partial charge in [0.1, 0.15) is 5.54 Å². The Morgan fingerprint density at radius 3 is 2.36 bits per heavy atom. The molecule has 0 saturated carbocycles. The Morgan fingerprint density at radius 1 is 0.970 bits per heavy atom. The molecule has 3 aromatic carbocycles. The molecular formula is C26H25N3O4. The molecule has 7 nitrogen and oxygen atoms in total. The van der Waals surface area contributed by atoms with E-state index in [2.05, 4.69) is 10.6 Å². The van der Waals surface area contributed by atoms with Crippen LogP contribution in [0.4, 0.5) is 10.5 Å². The summed E-state index contributed by atoms with van der Waals surface area (Å²) in [7, 11) is 0. The Morgan fingerprint density at radius 2 is 1.67 bits per heavy atom. The number of benzene rings is 3. The van der Waals surface area contributed by atoms with Crippen molar-refractivity contribution in [3.05, 3.63) is 77.9 Å². The van der Waals surface area contributed by atoms with Crippen molar-refractivity contribution < 1.29 is 19.2 Å². The van der Waals surface area contributed by atoms with E-state index in [-0.39, 0.29) is 18.2 Å². The highest BCUT2D eigenvalue weighted by atomic mass is 16.2. The van der Waals surface area contributed by atoms with Gasteiger partial charge in [0.15, 0.2) is 5.78 Å². The molecule has 0 radical (unpaired) electrons. The van der Waals surface area contributed by atoms with Crippen molar-refractivity contribution in [2.75, 3.05) is 11.9 Å². The number of nitrogens with one attached hydrogen (secondary N) is 2. The van der Waals surface area contributed by atoms with E-state index in [0.29, 0.717) is 23.2 Å². The lowest BCUT2D eigenvalue weighted by Gasteiger charge is -2.22. The first-order valence-electron chi connectivity index (χ1n) is 10.9. The molecule has 1 heterocycles. The number of hydrogen-bond acceptors (Lipinski definition) is 4. The Balaban J connectivity index is 1.49. The highest BCUT2D eigenvalue weighted by molar-refractivity contribution is 6.11. The third-order valence-electron chi connectivity index (χ3n) is 5.87. The number of hydrogen-bond donors (Lipinski definition) is 2. The second kappa shape index (κ2) is 8.86. The maximum Gasteiger partial charge on any atom is 0.325 e. The highest BCUT2D eigenvalue weighted by Crippen LogP contribution is 2.31. The minimum Gasteiger partial charge on any atom is -0.326 e.